The molecule has 1 atom stereocenters. The van der Waals surface area contributed by atoms with Crippen molar-refractivity contribution in [1.82, 2.24) is 5.32 Å². The molecule has 0 fully saturated rings. The van der Waals surface area contributed by atoms with Gasteiger partial charge in [-0.15, -0.1) is 0 Å². The summed E-state index contributed by atoms with van der Waals surface area (Å²) in [4.78, 5) is 31.8. The van der Waals surface area contributed by atoms with Gasteiger partial charge in [0.2, 0.25) is 17.7 Å². The number of rotatable bonds is 6. The molecule has 0 heterocycles. The van der Waals surface area contributed by atoms with Crippen molar-refractivity contribution >= 4 is 17.7 Å². The molecule has 7 heteroatoms. The van der Waals surface area contributed by atoms with E-state index in [0.717, 1.165) is 0 Å². The third kappa shape index (κ3) is 5.09. The summed E-state index contributed by atoms with van der Waals surface area (Å²) >= 11 is 0. The van der Waals surface area contributed by atoms with Gasteiger partial charge in [-0.3, -0.25) is 14.4 Å². The minimum atomic E-state index is -0.970. The van der Waals surface area contributed by atoms with Crippen LogP contribution in [-0.4, -0.2) is 35.5 Å². The number of nitrogens with one attached hydrogen (secondary N) is 1. The first-order chi connectivity index (χ1) is 6.47. The molecule has 1 unspecified atom stereocenters. The first-order valence-electron chi connectivity index (χ1n) is 3.95. The first-order valence-corrected chi connectivity index (χ1v) is 3.95. The second-order valence-corrected chi connectivity index (χ2v) is 2.69. The Morgan fingerprint density at radius 1 is 1.29 bits per heavy atom. The van der Waals surface area contributed by atoms with E-state index in [1.807, 2.05) is 0 Å². The summed E-state index contributed by atoms with van der Waals surface area (Å²) in [6.45, 7) is -0.736. The Hall–Kier alpha value is -1.63. The van der Waals surface area contributed by atoms with Crippen LogP contribution in [-0.2, 0) is 14.4 Å². The van der Waals surface area contributed by atoms with E-state index in [2.05, 4.69) is 5.32 Å². The number of aliphatic hydroxyl groups excluding tert-OH is 1. The molecule has 0 aromatic heterocycles. The van der Waals surface area contributed by atoms with Crippen molar-refractivity contribution in [2.24, 2.45) is 11.5 Å². The van der Waals surface area contributed by atoms with Gasteiger partial charge in [0.15, 0.2) is 0 Å². The summed E-state index contributed by atoms with van der Waals surface area (Å²) in [7, 11) is 0. The van der Waals surface area contributed by atoms with Gasteiger partial charge < -0.3 is 21.9 Å². The normalized spacial score (nSPS) is 11.8. The zero-order valence-electron chi connectivity index (χ0n) is 7.53. The number of aliphatic hydroxyl groups is 1. The lowest BCUT2D eigenvalue weighted by Gasteiger charge is -2.13. The van der Waals surface area contributed by atoms with Crippen LogP contribution in [0.3, 0.4) is 0 Å². The number of hydrogen-bond acceptors (Lipinski definition) is 4. The van der Waals surface area contributed by atoms with Gasteiger partial charge in [0.1, 0.15) is 12.6 Å². The molecule has 0 saturated carbocycles. The molecule has 0 aliphatic carbocycles. The van der Waals surface area contributed by atoms with Gasteiger partial charge in [-0.2, -0.15) is 0 Å². The summed E-state index contributed by atoms with van der Waals surface area (Å²) in [5.41, 5.74) is 9.79. The van der Waals surface area contributed by atoms with E-state index in [9.17, 15) is 14.4 Å². The van der Waals surface area contributed by atoms with Crippen molar-refractivity contribution in [1.29, 1.82) is 0 Å². The minimum absolute atomic E-state index is 0.0381. The Morgan fingerprint density at radius 3 is 2.21 bits per heavy atom. The maximum absolute atomic E-state index is 10.7. The molecule has 3 amide bonds. The van der Waals surface area contributed by atoms with Crippen LogP contribution in [0.4, 0.5) is 0 Å². The molecule has 0 radical (unpaired) electrons. The average molecular weight is 203 g/mol. The Bertz CT molecular complexity index is 241. The van der Waals surface area contributed by atoms with Gasteiger partial charge in [0.05, 0.1) is 0 Å². The van der Waals surface area contributed by atoms with Gasteiger partial charge in [-0.25, -0.2) is 0 Å². The van der Waals surface area contributed by atoms with Gasteiger partial charge >= 0.3 is 0 Å². The van der Waals surface area contributed by atoms with Crippen LogP contribution in [0.5, 0.6) is 0 Å². The van der Waals surface area contributed by atoms with Crippen LogP contribution in [0.25, 0.3) is 0 Å². The van der Waals surface area contributed by atoms with Crippen molar-refractivity contribution < 1.29 is 19.5 Å². The number of carbonyl (C=O) groups excluding carboxylic acids is 3. The molecule has 14 heavy (non-hydrogen) atoms. The number of nitrogens with two attached hydrogens (primary N) is 2. The molecule has 0 aliphatic rings. The van der Waals surface area contributed by atoms with E-state index in [-0.39, 0.29) is 12.8 Å². The Kier molecular flexibility index (Phi) is 5.23. The van der Waals surface area contributed by atoms with Crippen LogP contribution in [0.15, 0.2) is 0 Å². The summed E-state index contributed by atoms with van der Waals surface area (Å²) in [5.74, 6) is -2.08. The van der Waals surface area contributed by atoms with E-state index in [1.54, 1.807) is 0 Å². The Labute approximate surface area is 80.4 Å². The molecular weight excluding hydrogens is 190 g/mol. The van der Waals surface area contributed by atoms with E-state index in [4.69, 9.17) is 16.6 Å². The molecule has 6 N–H and O–H groups in total. The summed E-state index contributed by atoms with van der Waals surface area (Å²) in [6, 6.07) is -0.970. The Morgan fingerprint density at radius 2 is 1.86 bits per heavy atom. The number of carbonyl (C=O) groups is 3. The molecule has 0 aromatic rings. The zero-order chi connectivity index (χ0) is 11.1. The third-order valence-electron chi connectivity index (χ3n) is 1.50. The summed E-state index contributed by atoms with van der Waals surface area (Å²) < 4.78 is 0. The fraction of sp³-hybridized carbons (Fsp3) is 0.571. The van der Waals surface area contributed by atoms with Crippen LogP contribution >= 0.6 is 0 Å². The van der Waals surface area contributed by atoms with E-state index in [1.165, 1.54) is 0 Å². The van der Waals surface area contributed by atoms with Crippen molar-refractivity contribution in [3.63, 3.8) is 0 Å². The first kappa shape index (κ1) is 12.4. The molecule has 0 aromatic carbocycles. The van der Waals surface area contributed by atoms with Crippen LogP contribution < -0.4 is 16.8 Å². The van der Waals surface area contributed by atoms with Gasteiger partial charge in [-0.05, 0) is 6.42 Å². The standard InChI is InChI=1S/C7H13N3O4/c8-5(12)2-1-4(7(9)14)10-6(13)3-11/h4,11H,1-3H2,(H2,8,12)(H2,9,14)(H,10,13). The van der Waals surface area contributed by atoms with Gasteiger partial charge in [0.25, 0.3) is 0 Å². The lowest BCUT2D eigenvalue weighted by atomic mass is 10.1. The zero-order valence-corrected chi connectivity index (χ0v) is 7.53. The number of amides is 3. The van der Waals surface area contributed by atoms with Crippen LogP contribution in [0.2, 0.25) is 0 Å². The molecule has 0 bridgehead atoms. The van der Waals surface area contributed by atoms with Crippen molar-refractivity contribution in [2.75, 3.05) is 6.61 Å². The molecule has 0 spiro atoms. The second-order valence-electron chi connectivity index (χ2n) is 2.69. The van der Waals surface area contributed by atoms with E-state index in [0.29, 0.717) is 0 Å². The van der Waals surface area contributed by atoms with E-state index < -0.39 is 30.4 Å². The van der Waals surface area contributed by atoms with Crippen molar-refractivity contribution in [3.8, 4) is 0 Å². The monoisotopic (exact) mass is 203 g/mol. The smallest absolute Gasteiger partial charge is 0.246 e. The fourth-order valence-corrected chi connectivity index (χ4v) is 0.812. The second kappa shape index (κ2) is 5.92. The van der Waals surface area contributed by atoms with Crippen LogP contribution in [0.1, 0.15) is 12.8 Å². The molecular formula is C7H13N3O4. The minimum Gasteiger partial charge on any atom is -0.387 e. The quantitative estimate of drug-likeness (QED) is 0.371. The third-order valence-corrected chi connectivity index (χ3v) is 1.50. The molecule has 0 saturated heterocycles. The molecule has 80 valence electrons. The van der Waals surface area contributed by atoms with Gasteiger partial charge in [-0.1, -0.05) is 0 Å². The maximum atomic E-state index is 10.7. The maximum Gasteiger partial charge on any atom is 0.246 e. The topological polar surface area (TPSA) is 136 Å². The predicted molar refractivity (Wildman–Crippen MR) is 46.6 cm³/mol. The largest absolute Gasteiger partial charge is 0.387 e. The number of hydrogen-bond donors (Lipinski definition) is 4. The molecule has 0 rings (SSSR count). The lowest BCUT2D eigenvalue weighted by molar-refractivity contribution is -0.129. The van der Waals surface area contributed by atoms with E-state index >= 15 is 0 Å². The average Bonchev–Trinajstić information content (AvgIpc) is 2.10. The van der Waals surface area contributed by atoms with Gasteiger partial charge in [0, 0.05) is 6.42 Å². The predicted octanol–water partition coefficient (Wildman–Crippen LogP) is -2.79. The fourth-order valence-electron chi connectivity index (χ4n) is 0.812. The summed E-state index contributed by atoms with van der Waals surface area (Å²) in [6.07, 6.45) is -0.0181. The van der Waals surface area contributed by atoms with Crippen molar-refractivity contribution in [2.45, 2.75) is 18.9 Å². The SMILES string of the molecule is NC(=O)CCC(NC(=O)CO)C(N)=O. The highest BCUT2D eigenvalue weighted by Crippen LogP contribution is 1.95. The highest BCUT2D eigenvalue weighted by atomic mass is 16.3. The Balaban J connectivity index is 4.09. The summed E-state index contributed by atoms with van der Waals surface area (Å²) in [5, 5.41) is 10.5. The highest BCUT2D eigenvalue weighted by Gasteiger charge is 2.17. The molecule has 7 nitrogen and oxygen atoms in total. The molecule has 0 aliphatic heterocycles. The highest BCUT2D eigenvalue weighted by molar-refractivity contribution is 5.87. The number of primary amides is 2. The lowest BCUT2D eigenvalue weighted by Crippen LogP contribution is -2.45. The van der Waals surface area contributed by atoms with Crippen molar-refractivity contribution in [3.05, 3.63) is 0 Å². The van der Waals surface area contributed by atoms with Crippen LogP contribution in [0, 0.1) is 0 Å².